The number of aliphatic hydroxyl groups is 1. The molecule has 9 nitrogen and oxygen atoms in total. The third kappa shape index (κ3) is 5.00. The van der Waals surface area contributed by atoms with E-state index in [1.54, 1.807) is 0 Å². The molecule has 1 amide bonds. The molecule has 0 saturated heterocycles. The van der Waals surface area contributed by atoms with Crippen LogP contribution in [0.15, 0.2) is 70.3 Å². The molecule has 0 aliphatic rings. The molecule has 0 bridgehead atoms. The van der Waals surface area contributed by atoms with Crippen LogP contribution in [0.4, 0.5) is 0 Å². The van der Waals surface area contributed by atoms with Crippen LogP contribution in [0.5, 0.6) is 0 Å². The van der Waals surface area contributed by atoms with E-state index in [2.05, 4.69) is 5.16 Å². The standard InChI is InChI=1S/C21H22N2O7S/c1-21(20(25)22-26,19(24)17-12-18(30-23-17)31(2,27)28)29-13-14-8-10-16(11-9-14)15-6-4-3-5-7-15/h3-12,19,24,26H,13H2,1-2H3,(H,22,25)/t19-,21-/m0/s1. The first kappa shape index (κ1) is 22.6. The minimum Gasteiger partial charge on any atom is -0.383 e. The molecule has 0 aliphatic carbocycles. The van der Waals surface area contributed by atoms with Gasteiger partial charge in [-0.3, -0.25) is 10.0 Å². The number of hydroxylamine groups is 1. The molecular weight excluding hydrogens is 424 g/mol. The van der Waals surface area contributed by atoms with Gasteiger partial charge in [0.05, 0.1) is 6.61 Å². The smallest absolute Gasteiger partial charge is 0.278 e. The van der Waals surface area contributed by atoms with Gasteiger partial charge in [-0.1, -0.05) is 59.8 Å². The van der Waals surface area contributed by atoms with Crippen molar-refractivity contribution in [1.29, 1.82) is 0 Å². The summed E-state index contributed by atoms with van der Waals surface area (Å²) in [6, 6.07) is 18.2. The summed E-state index contributed by atoms with van der Waals surface area (Å²) in [6.45, 7) is 1.17. The number of ether oxygens (including phenoxy) is 1. The van der Waals surface area contributed by atoms with Crippen molar-refractivity contribution in [3.8, 4) is 11.1 Å². The predicted octanol–water partition coefficient (Wildman–Crippen LogP) is 2.26. The van der Waals surface area contributed by atoms with Gasteiger partial charge in [0.25, 0.3) is 11.0 Å². The van der Waals surface area contributed by atoms with Gasteiger partial charge < -0.3 is 14.4 Å². The number of hydrogen-bond acceptors (Lipinski definition) is 8. The zero-order valence-electron chi connectivity index (χ0n) is 16.8. The number of rotatable bonds is 8. The number of hydrogen-bond donors (Lipinski definition) is 3. The molecule has 1 heterocycles. The Morgan fingerprint density at radius 1 is 1.16 bits per heavy atom. The molecule has 10 heteroatoms. The van der Waals surface area contributed by atoms with E-state index < -0.39 is 32.5 Å². The van der Waals surface area contributed by atoms with Crippen LogP contribution in [0, 0.1) is 0 Å². The van der Waals surface area contributed by atoms with E-state index in [1.165, 1.54) is 12.4 Å². The molecule has 31 heavy (non-hydrogen) atoms. The Bertz CT molecular complexity index is 1140. The third-order valence-corrected chi connectivity index (χ3v) is 5.75. The lowest BCUT2D eigenvalue weighted by molar-refractivity contribution is -0.174. The number of benzene rings is 2. The number of aromatic nitrogens is 1. The van der Waals surface area contributed by atoms with E-state index in [9.17, 15) is 18.3 Å². The van der Waals surface area contributed by atoms with Gasteiger partial charge in [0.2, 0.25) is 9.84 Å². The van der Waals surface area contributed by atoms with Crippen LogP contribution < -0.4 is 5.48 Å². The predicted molar refractivity (Wildman–Crippen MR) is 110 cm³/mol. The molecule has 3 aromatic rings. The van der Waals surface area contributed by atoms with Crippen molar-refractivity contribution in [3.63, 3.8) is 0 Å². The summed E-state index contributed by atoms with van der Waals surface area (Å²) in [4.78, 5) is 12.3. The normalized spacial score (nSPS) is 14.6. The first-order valence-electron chi connectivity index (χ1n) is 9.23. The zero-order valence-corrected chi connectivity index (χ0v) is 17.7. The molecule has 0 fully saturated rings. The van der Waals surface area contributed by atoms with Crippen LogP contribution in [0.2, 0.25) is 0 Å². The second-order valence-corrected chi connectivity index (χ2v) is 9.09. The number of carbonyl (C=O) groups is 1. The van der Waals surface area contributed by atoms with Crippen molar-refractivity contribution < 1.29 is 32.8 Å². The Hall–Kier alpha value is -3.05. The van der Waals surface area contributed by atoms with Gasteiger partial charge in [0.15, 0.2) is 5.60 Å². The van der Waals surface area contributed by atoms with Crippen molar-refractivity contribution in [2.75, 3.05) is 6.26 Å². The summed E-state index contributed by atoms with van der Waals surface area (Å²) in [5.41, 5.74) is 1.99. The van der Waals surface area contributed by atoms with Crippen LogP contribution in [0.1, 0.15) is 24.3 Å². The fourth-order valence-corrected chi connectivity index (χ4v) is 3.40. The van der Waals surface area contributed by atoms with Gasteiger partial charge in [0.1, 0.15) is 11.8 Å². The van der Waals surface area contributed by atoms with Crippen molar-refractivity contribution in [2.45, 2.75) is 30.3 Å². The first-order valence-corrected chi connectivity index (χ1v) is 11.1. The topological polar surface area (TPSA) is 139 Å². The van der Waals surface area contributed by atoms with Crippen molar-refractivity contribution in [1.82, 2.24) is 10.6 Å². The quantitative estimate of drug-likeness (QED) is 0.354. The number of nitrogens with zero attached hydrogens (tertiary/aromatic N) is 1. The maximum Gasteiger partial charge on any atom is 0.278 e. The molecule has 0 spiro atoms. The summed E-state index contributed by atoms with van der Waals surface area (Å²) in [7, 11) is -3.70. The Balaban J connectivity index is 1.79. The molecule has 3 rings (SSSR count). The van der Waals surface area contributed by atoms with Crippen LogP contribution in [0.3, 0.4) is 0 Å². The average Bonchev–Trinajstić information content (AvgIpc) is 3.28. The fourth-order valence-electron chi connectivity index (χ4n) is 2.89. The van der Waals surface area contributed by atoms with E-state index >= 15 is 0 Å². The van der Waals surface area contributed by atoms with Crippen molar-refractivity contribution in [2.24, 2.45) is 0 Å². The molecule has 2 atom stereocenters. The molecule has 0 saturated carbocycles. The van der Waals surface area contributed by atoms with E-state index in [1.807, 2.05) is 54.6 Å². The van der Waals surface area contributed by atoms with Gasteiger partial charge in [0, 0.05) is 12.3 Å². The van der Waals surface area contributed by atoms with Crippen LogP contribution >= 0.6 is 0 Å². The number of aliphatic hydroxyl groups excluding tert-OH is 1. The van der Waals surface area contributed by atoms with E-state index in [0.29, 0.717) is 5.56 Å². The molecule has 3 N–H and O–H groups in total. The minimum absolute atomic E-state index is 0.0766. The second-order valence-electron chi connectivity index (χ2n) is 7.15. The largest absolute Gasteiger partial charge is 0.383 e. The summed E-state index contributed by atoms with van der Waals surface area (Å²) in [6.07, 6.45) is -0.804. The maximum atomic E-state index is 12.3. The summed E-state index contributed by atoms with van der Waals surface area (Å²) in [5.74, 6) is -1.04. The Morgan fingerprint density at radius 3 is 2.32 bits per heavy atom. The first-order chi connectivity index (χ1) is 14.6. The number of sulfone groups is 1. The zero-order chi connectivity index (χ0) is 22.6. The maximum absolute atomic E-state index is 12.3. The molecule has 164 valence electrons. The van der Waals surface area contributed by atoms with Crippen molar-refractivity contribution in [3.05, 3.63) is 71.9 Å². The summed E-state index contributed by atoms with van der Waals surface area (Å²) in [5, 5.41) is 22.9. The molecular formula is C21H22N2O7S. The summed E-state index contributed by atoms with van der Waals surface area (Å²) >= 11 is 0. The van der Waals surface area contributed by atoms with Crippen LogP contribution in [-0.4, -0.2) is 41.7 Å². The number of amides is 1. The van der Waals surface area contributed by atoms with Gasteiger partial charge in [-0.05, 0) is 23.6 Å². The van der Waals surface area contributed by atoms with E-state index in [0.717, 1.165) is 23.4 Å². The highest BCUT2D eigenvalue weighted by Crippen LogP contribution is 2.31. The fraction of sp³-hybridized carbons (Fsp3) is 0.238. The van der Waals surface area contributed by atoms with E-state index in [4.69, 9.17) is 14.5 Å². The van der Waals surface area contributed by atoms with Crippen molar-refractivity contribution >= 4 is 15.7 Å². The molecule has 0 aliphatic heterocycles. The average molecular weight is 446 g/mol. The SMILES string of the molecule is C[C@@](OCc1ccc(-c2ccccc2)cc1)(C(=O)NO)[C@@H](O)c1cc(S(C)(=O)=O)on1. The highest BCUT2D eigenvalue weighted by molar-refractivity contribution is 7.90. The van der Waals surface area contributed by atoms with Gasteiger partial charge in [-0.15, -0.1) is 0 Å². The Labute approximate surface area is 179 Å². The van der Waals surface area contributed by atoms with Crippen LogP contribution in [0.25, 0.3) is 11.1 Å². The summed E-state index contributed by atoms with van der Waals surface area (Å²) < 4.78 is 33.6. The Kier molecular flexibility index (Phi) is 6.56. The lowest BCUT2D eigenvalue weighted by Gasteiger charge is -2.31. The minimum atomic E-state index is -3.70. The molecule has 1 aromatic heterocycles. The lowest BCUT2D eigenvalue weighted by atomic mass is 9.95. The molecule has 0 unspecified atom stereocenters. The van der Waals surface area contributed by atoms with Gasteiger partial charge >= 0.3 is 0 Å². The van der Waals surface area contributed by atoms with Crippen LogP contribution in [-0.2, 0) is 26.0 Å². The number of nitrogens with one attached hydrogen (secondary N) is 1. The molecule has 0 radical (unpaired) electrons. The highest BCUT2D eigenvalue weighted by atomic mass is 32.2. The second kappa shape index (κ2) is 8.98. The monoisotopic (exact) mass is 446 g/mol. The third-order valence-electron chi connectivity index (χ3n) is 4.83. The van der Waals surface area contributed by atoms with E-state index in [-0.39, 0.29) is 12.3 Å². The Morgan fingerprint density at radius 2 is 1.77 bits per heavy atom. The van der Waals surface area contributed by atoms with Gasteiger partial charge in [-0.25, -0.2) is 13.9 Å². The number of carbonyl (C=O) groups excluding carboxylic acids is 1. The lowest BCUT2D eigenvalue weighted by Crippen LogP contribution is -2.50. The molecule has 2 aromatic carbocycles. The van der Waals surface area contributed by atoms with Gasteiger partial charge in [-0.2, -0.15) is 0 Å². The highest BCUT2D eigenvalue weighted by Gasteiger charge is 2.44.